The summed E-state index contributed by atoms with van der Waals surface area (Å²) < 4.78 is 0. The predicted octanol–water partition coefficient (Wildman–Crippen LogP) is 2.72. The van der Waals surface area contributed by atoms with Gasteiger partial charge in [-0.05, 0) is 43.2 Å². The molecule has 1 amide bonds. The number of nitrogens with two attached hydrogens (primary N) is 1. The number of carbonyl (C=O) groups is 1. The molecule has 0 unspecified atom stereocenters. The van der Waals surface area contributed by atoms with E-state index in [9.17, 15) is 10.1 Å². The van der Waals surface area contributed by atoms with E-state index < -0.39 is 0 Å². The lowest BCUT2D eigenvalue weighted by Crippen LogP contribution is -2.49. The monoisotopic (exact) mass is 334 g/mol. The van der Waals surface area contributed by atoms with Gasteiger partial charge in [0.2, 0.25) is 0 Å². The first-order valence-corrected chi connectivity index (χ1v) is 8.41. The van der Waals surface area contributed by atoms with Gasteiger partial charge in [-0.25, -0.2) is 0 Å². The number of amides is 1. The van der Waals surface area contributed by atoms with Crippen LogP contribution in [0.5, 0.6) is 0 Å². The molecule has 25 heavy (non-hydrogen) atoms. The molecule has 128 valence electrons. The normalized spacial score (nSPS) is 14.3. The van der Waals surface area contributed by atoms with Crippen molar-refractivity contribution in [3.8, 4) is 6.07 Å². The Morgan fingerprint density at radius 2 is 1.76 bits per heavy atom. The zero-order valence-corrected chi connectivity index (χ0v) is 14.6. The minimum absolute atomic E-state index is 0.0254. The molecule has 1 fully saturated rings. The molecule has 2 aromatic rings. The number of aryl methyl sites for hydroxylation is 2. The summed E-state index contributed by atoms with van der Waals surface area (Å²) >= 11 is 0. The summed E-state index contributed by atoms with van der Waals surface area (Å²) in [5, 5.41) is 9.26. The molecule has 0 spiro atoms. The Balaban J connectivity index is 1.73. The van der Waals surface area contributed by atoms with Crippen molar-refractivity contribution in [1.29, 1.82) is 5.26 Å². The zero-order chi connectivity index (χ0) is 18.0. The van der Waals surface area contributed by atoms with Gasteiger partial charge in [0, 0.05) is 37.4 Å². The van der Waals surface area contributed by atoms with Crippen molar-refractivity contribution in [2.45, 2.75) is 13.8 Å². The highest BCUT2D eigenvalue weighted by Crippen LogP contribution is 2.23. The molecular weight excluding hydrogens is 312 g/mol. The van der Waals surface area contributed by atoms with Gasteiger partial charge in [0.05, 0.1) is 11.3 Å². The highest BCUT2D eigenvalue weighted by molar-refractivity contribution is 5.97. The van der Waals surface area contributed by atoms with Crippen molar-refractivity contribution in [3.05, 3.63) is 58.7 Å². The SMILES string of the molecule is Cc1cc(C)c(C(=O)N2CCN(c3ccccc3C#N)CC2)cc1N. The molecule has 0 saturated carbocycles. The predicted molar refractivity (Wildman–Crippen MR) is 99.6 cm³/mol. The Bertz CT molecular complexity index is 845. The van der Waals surface area contributed by atoms with E-state index in [-0.39, 0.29) is 5.91 Å². The van der Waals surface area contributed by atoms with Crippen molar-refractivity contribution in [1.82, 2.24) is 4.90 Å². The second kappa shape index (κ2) is 6.86. The molecule has 1 aliphatic heterocycles. The highest BCUT2D eigenvalue weighted by atomic mass is 16.2. The van der Waals surface area contributed by atoms with Crippen LogP contribution in [-0.2, 0) is 0 Å². The first kappa shape index (κ1) is 16.8. The molecule has 2 N–H and O–H groups in total. The van der Waals surface area contributed by atoms with Crippen LogP contribution in [0.15, 0.2) is 36.4 Å². The lowest BCUT2D eigenvalue weighted by atomic mass is 10.0. The quantitative estimate of drug-likeness (QED) is 0.857. The fraction of sp³-hybridized carbons (Fsp3) is 0.300. The number of rotatable bonds is 2. The Kier molecular flexibility index (Phi) is 4.62. The van der Waals surface area contributed by atoms with Crippen molar-refractivity contribution >= 4 is 17.3 Å². The molecule has 1 saturated heterocycles. The van der Waals surface area contributed by atoms with Gasteiger partial charge in [-0.2, -0.15) is 5.26 Å². The van der Waals surface area contributed by atoms with Gasteiger partial charge in [0.1, 0.15) is 6.07 Å². The Labute approximate surface area is 148 Å². The van der Waals surface area contributed by atoms with Crippen LogP contribution in [0, 0.1) is 25.2 Å². The molecule has 0 atom stereocenters. The van der Waals surface area contributed by atoms with Gasteiger partial charge < -0.3 is 15.5 Å². The maximum absolute atomic E-state index is 12.8. The number of hydrogen-bond donors (Lipinski definition) is 1. The molecule has 5 heteroatoms. The summed E-state index contributed by atoms with van der Waals surface area (Å²) in [6.45, 7) is 6.58. The van der Waals surface area contributed by atoms with Crippen LogP contribution in [0.3, 0.4) is 0 Å². The molecular formula is C20H22N4O. The third kappa shape index (κ3) is 3.29. The van der Waals surface area contributed by atoms with Gasteiger partial charge in [-0.3, -0.25) is 4.79 Å². The third-order valence-electron chi connectivity index (χ3n) is 4.78. The van der Waals surface area contributed by atoms with E-state index in [1.54, 1.807) is 6.07 Å². The molecule has 1 heterocycles. The van der Waals surface area contributed by atoms with Crippen LogP contribution < -0.4 is 10.6 Å². The Morgan fingerprint density at radius 3 is 2.44 bits per heavy atom. The summed E-state index contributed by atoms with van der Waals surface area (Å²) in [7, 11) is 0. The summed E-state index contributed by atoms with van der Waals surface area (Å²) in [5.74, 6) is 0.0254. The van der Waals surface area contributed by atoms with Crippen molar-refractivity contribution in [2.75, 3.05) is 36.8 Å². The van der Waals surface area contributed by atoms with E-state index in [2.05, 4.69) is 11.0 Å². The number of nitrogen functional groups attached to an aromatic ring is 1. The van der Waals surface area contributed by atoms with E-state index in [1.165, 1.54) is 0 Å². The first-order chi connectivity index (χ1) is 12.0. The lowest BCUT2D eigenvalue weighted by Gasteiger charge is -2.36. The Morgan fingerprint density at radius 1 is 1.08 bits per heavy atom. The average molecular weight is 334 g/mol. The van der Waals surface area contributed by atoms with Crippen molar-refractivity contribution in [3.63, 3.8) is 0 Å². The van der Waals surface area contributed by atoms with Gasteiger partial charge in [0.15, 0.2) is 0 Å². The van der Waals surface area contributed by atoms with E-state index in [4.69, 9.17) is 5.73 Å². The molecule has 1 aliphatic rings. The highest BCUT2D eigenvalue weighted by Gasteiger charge is 2.24. The molecule has 5 nitrogen and oxygen atoms in total. The zero-order valence-electron chi connectivity index (χ0n) is 14.6. The second-order valence-corrected chi connectivity index (χ2v) is 6.43. The fourth-order valence-electron chi connectivity index (χ4n) is 3.26. The van der Waals surface area contributed by atoms with E-state index in [0.717, 1.165) is 16.8 Å². The van der Waals surface area contributed by atoms with Crippen LogP contribution >= 0.6 is 0 Å². The van der Waals surface area contributed by atoms with Crippen LogP contribution in [-0.4, -0.2) is 37.0 Å². The molecule has 0 bridgehead atoms. The maximum atomic E-state index is 12.8. The average Bonchev–Trinajstić information content (AvgIpc) is 2.64. The number of nitrogens with zero attached hydrogens (tertiary/aromatic N) is 3. The molecule has 3 rings (SSSR count). The number of carbonyl (C=O) groups excluding carboxylic acids is 1. The van der Waals surface area contributed by atoms with Crippen LogP contribution in [0.4, 0.5) is 11.4 Å². The molecule has 0 aliphatic carbocycles. The molecule has 0 radical (unpaired) electrons. The number of nitriles is 1. The van der Waals surface area contributed by atoms with Gasteiger partial charge in [-0.15, -0.1) is 0 Å². The van der Waals surface area contributed by atoms with Gasteiger partial charge >= 0.3 is 0 Å². The lowest BCUT2D eigenvalue weighted by molar-refractivity contribution is 0.0746. The number of benzene rings is 2. The minimum atomic E-state index is 0.0254. The van der Waals surface area contributed by atoms with Crippen molar-refractivity contribution < 1.29 is 4.79 Å². The molecule has 0 aromatic heterocycles. The molecule has 2 aromatic carbocycles. The van der Waals surface area contributed by atoms with Crippen LogP contribution in [0.25, 0.3) is 0 Å². The summed E-state index contributed by atoms with van der Waals surface area (Å²) in [5.41, 5.74) is 10.9. The Hall–Kier alpha value is -3.00. The number of para-hydroxylation sites is 1. The second-order valence-electron chi connectivity index (χ2n) is 6.43. The van der Waals surface area contributed by atoms with Gasteiger partial charge in [0.25, 0.3) is 5.91 Å². The third-order valence-corrected chi connectivity index (χ3v) is 4.78. The van der Waals surface area contributed by atoms with E-state index in [1.807, 2.05) is 49.1 Å². The summed E-state index contributed by atoms with van der Waals surface area (Å²) in [6, 6.07) is 13.6. The topological polar surface area (TPSA) is 73.4 Å². The first-order valence-electron chi connectivity index (χ1n) is 8.41. The van der Waals surface area contributed by atoms with E-state index >= 15 is 0 Å². The van der Waals surface area contributed by atoms with Crippen molar-refractivity contribution in [2.24, 2.45) is 0 Å². The van der Waals surface area contributed by atoms with Crippen LogP contribution in [0.1, 0.15) is 27.0 Å². The number of hydrogen-bond acceptors (Lipinski definition) is 4. The minimum Gasteiger partial charge on any atom is -0.398 e. The van der Waals surface area contributed by atoms with Gasteiger partial charge in [-0.1, -0.05) is 18.2 Å². The summed E-state index contributed by atoms with van der Waals surface area (Å²) in [4.78, 5) is 16.9. The van der Waals surface area contributed by atoms with E-state index in [0.29, 0.717) is 43.0 Å². The summed E-state index contributed by atoms with van der Waals surface area (Å²) in [6.07, 6.45) is 0. The largest absolute Gasteiger partial charge is 0.398 e. The maximum Gasteiger partial charge on any atom is 0.254 e. The standard InChI is InChI=1S/C20H22N4O/c1-14-11-15(2)18(22)12-17(14)20(25)24-9-7-23(8-10-24)19-6-4-3-5-16(19)13-21/h3-6,11-12H,7-10,22H2,1-2H3. The van der Waals surface area contributed by atoms with Crippen LogP contribution in [0.2, 0.25) is 0 Å². The fourth-order valence-corrected chi connectivity index (χ4v) is 3.26. The number of anilines is 2. The smallest absolute Gasteiger partial charge is 0.254 e. The number of piperazine rings is 1.